The SMILES string of the molecule is CC1(C)c2ccc([Si](c3ccccc3)(c3ccccc3)c3cccc(-c4ccccn4)c3)cc2N(c2ccccn2)c2ccc3c(c21)c1ccccc1n3-c1ccccc1. The lowest BCUT2D eigenvalue weighted by Crippen LogP contribution is -2.74. The fraction of sp³-hybridized carbons (Fsp3) is 0.0545. The Balaban J connectivity index is 1.22. The first kappa shape index (κ1) is 35.8. The number of anilines is 3. The Labute approximate surface area is 351 Å². The highest BCUT2D eigenvalue weighted by Gasteiger charge is 2.45. The van der Waals surface area contributed by atoms with Gasteiger partial charge in [-0.3, -0.25) is 9.88 Å². The maximum absolute atomic E-state index is 5.08. The van der Waals surface area contributed by atoms with Crippen LogP contribution >= 0.6 is 0 Å². The van der Waals surface area contributed by atoms with Gasteiger partial charge in [0.2, 0.25) is 0 Å². The van der Waals surface area contributed by atoms with E-state index in [4.69, 9.17) is 9.97 Å². The summed E-state index contributed by atoms with van der Waals surface area (Å²) in [6.07, 6.45) is 3.79. The Bertz CT molecular complexity index is 3120. The summed E-state index contributed by atoms with van der Waals surface area (Å²) >= 11 is 0. The maximum atomic E-state index is 5.08. The Morgan fingerprint density at radius 3 is 1.80 bits per heavy atom. The minimum Gasteiger partial charge on any atom is -0.309 e. The van der Waals surface area contributed by atoms with Crippen molar-refractivity contribution in [2.45, 2.75) is 19.3 Å². The molecule has 286 valence electrons. The predicted molar refractivity (Wildman–Crippen MR) is 252 cm³/mol. The molecule has 0 amide bonds. The molecule has 10 aromatic rings. The van der Waals surface area contributed by atoms with E-state index >= 15 is 0 Å². The van der Waals surface area contributed by atoms with Gasteiger partial charge < -0.3 is 4.57 Å². The number of fused-ring (bicyclic) bond motifs is 6. The highest BCUT2D eigenvalue weighted by Crippen LogP contribution is 2.55. The quantitative estimate of drug-likeness (QED) is 0.119. The van der Waals surface area contributed by atoms with E-state index in [0.717, 1.165) is 34.1 Å². The van der Waals surface area contributed by atoms with Crippen LogP contribution in [0.2, 0.25) is 0 Å². The standard InChI is InChI=1S/C55H42N4Si/c1-55(2)46-32-31-44(60(41-22-8-4-9-23-41,42-24-10-5-11-25-42)43-26-18-19-39(37-43)47-28-14-16-35-56-47)38-51(46)59(52-30-15-17-36-57-52)50-34-33-49-53(54(50)55)45-27-12-13-29-48(45)58(49)40-20-6-3-7-21-40/h3-38H,1-2H3. The van der Waals surface area contributed by atoms with Gasteiger partial charge in [-0.25, -0.2) is 4.98 Å². The predicted octanol–water partition coefficient (Wildman–Crippen LogP) is 10.7. The molecule has 0 atom stereocenters. The third-order valence-corrected chi connectivity index (χ3v) is 17.3. The van der Waals surface area contributed by atoms with Crippen molar-refractivity contribution in [3.8, 4) is 16.9 Å². The van der Waals surface area contributed by atoms with Crippen molar-refractivity contribution < 1.29 is 0 Å². The minimum atomic E-state index is -2.98. The van der Waals surface area contributed by atoms with Crippen molar-refractivity contribution in [3.63, 3.8) is 0 Å². The Morgan fingerprint density at radius 1 is 0.467 bits per heavy atom. The van der Waals surface area contributed by atoms with Gasteiger partial charge in [-0.2, -0.15) is 0 Å². The van der Waals surface area contributed by atoms with E-state index in [2.05, 4.69) is 217 Å². The van der Waals surface area contributed by atoms with Gasteiger partial charge in [0.05, 0.1) is 28.1 Å². The van der Waals surface area contributed by atoms with Crippen molar-refractivity contribution in [1.82, 2.24) is 14.5 Å². The van der Waals surface area contributed by atoms with Crippen LogP contribution < -0.4 is 25.6 Å². The molecule has 1 aliphatic rings. The number of benzene rings is 7. The van der Waals surface area contributed by atoms with E-state index in [1.807, 2.05) is 24.5 Å². The molecular formula is C55H42N4Si. The average Bonchev–Trinajstić information content (AvgIpc) is 3.65. The van der Waals surface area contributed by atoms with Crippen molar-refractivity contribution in [2.75, 3.05) is 4.90 Å². The fourth-order valence-electron chi connectivity index (χ4n) is 10.0. The van der Waals surface area contributed by atoms with Crippen molar-refractivity contribution in [1.29, 1.82) is 0 Å². The fourth-order valence-corrected chi connectivity index (χ4v) is 14.8. The van der Waals surface area contributed by atoms with Crippen molar-refractivity contribution >= 4 is 67.8 Å². The molecule has 0 saturated heterocycles. The van der Waals surface area contributed by atoms with Gasteiger partial charge in [0, 0.05) is 39.8 Å². The van der Waals surface area contributed by atoms with Crippen LogP contribution in [0.25, 0.3) is 38.8 Å². The summed E-state index contributed by atoms with van der Waals surface area (Å²) in [5, 5.41) is 7.78. The smallest absolute Gasteiger partial charge is 0.179 e. The molecule has 0 saturated carbocycles. The van der Waals surface area contributed by atoms with Crippen LogP contribution in [0.1, 0.15) is 25.0 Å². The largest absolute Gasteiger partial charge is 0.309 e. The zero-order valence-corrected chi connectivity index (χ0v) is 34.6. The number of aromatic nitrogens is 3. The van der Waals surface area contributed by atoms with Crippen LogP contribution in [0, 0.1) is 0 Å². The van der Waals surface area contributed by atoms with E-state index in [-0.39, 0.29) is 5.41 Å². The lowest BCUT2D eigenvalue weighted by molar-refractivity contribution is 0.638. The average molecular weight is 787 g/mol. The lowest BCUT2D eigenvalue weighted by Gasteiger charge is -2.43. The normalized spacial score (nSPS) is 13.3. The molecule has 0 N–H and O–H groups in total. The molecule has 1 aliphatic heterocycles. The van der Waals surface area contributed by atoms with Gasteiger partial charge >= 0.3 is 0 Å². The van der Waals surface area contributed by atoms with Crippen LogP contribution in [-0.4, -0.2) is 22.6 Å². The molecule has 0 fully saturated rings. The molecule has 0 unspecified atom stereocenters. The van der Waals surface area contributed by atoms with Gasteiger partial charge in [-0.1, -0.05) is 159 Å². The molecule has 0 aliphatic carbocycles. The molecule has 11 rings (SSSR count). The third-order valence-electron chi connectivity index (χ3n) is 12.6. The van der Waals surface area contributed by atoms with Crippen LogP contribution in [0.4, 0.5) is 17.2 Å². The summed E-state index contributed by atoms with van der Waals surface area (Å²) < 4.78 is 2.42. The van der Waals surface area contributed by atoms with E-state index in [1.165, 1.54) is 53.7 Å². The van der Waals surface area contributed by atoms with Crippen LogP contribution in [-0.2, 0) is 5.41 Å². The molecule has 5 heteroatoms. The van der Waals surface area contributed by atoms with Gasteiger partial charge in [0.1, 0.15) is 5.82 Å². The van der Waals surface area contributed by atoms with Gasteiger partial charge in [-0.05, 0) is 92.5 Å². The minimum absolute atomic E-state index is 0.373. The molecule has 0 radical (unpaired) electrons. The molecule has 7 aromatic carbocycles. The molecule has 60 heavy (non-hydrogen) atoms. The third kappa shape index (κ3) is 5.43. The molecule has 4 nitrogen and oxygen atoms in total. The molecule has 0 bridgehead atoms. The second-order valence-electron chi connectivity index (χ2n) is 16.2. The lowest BCUT2D eigenvalue weighted by atomic mass is 9.72. The summed E-state index contributed by atoms with van der Waals surface area (Å²) in [5.74, 6) is 0.891. The number of hydrogen-bond acceptors (Lipinski definition) is 3. The highest BCUT2D eigenvalue weighted by atomic mass is 28.3. The van der Waals surface area contributed by atoms with Crippen LogP contribution in [0.15, 0.2) is 219 Å². The zero-order chi connectivity index (χ0) is 40.3. The Kier molecular flexibility index (Phi) is 8.46. The number of rotatable bonds is 7. The van der Waals surface area contributed by atoms with Crippen molar-refractivity contribution in [3.05, 3.63) is 230 Å². The molecular weight excluding hydrogens is 745 g/mol. The summed E-state index contributed by atoms with van der Waals surface area (Å²) in [6, 6.07) is 75.5. The number of nitrogens with zero attached hydrogens (tertiary/aromatic N) is 4. The van der Waals surface area contributed by atoms with E-state index in [0.29, 0.717) is 0 Å². The molecule has 3 aromatic heterocycles. The first-order chi connectivity index (χ1) is 29.5. The molecule has 0 spiro atoms. The Hall–Kier alpha value is -7.34. The number of para-hydroxylation sites is 2. The van der Waals surface area contributed by atoms with Crippen molar-refractivity contribution in [2.24, 2.45) is 0 Å². The van der Waals surface area contributed by atoms with Crippen LogP contribution in [0.5, 0.6) is 0 Å². The number of hydrogen-bond donors (Lipinski definition) is 0. The van der Waals surface area contributed by atoms with Crippen LogP contribution in [0.3, 0.4) is 0 Å². The van der Waals surface area contributed by atoms with E-state index in [1.54, 1.807) is 0 Å². The second kappa shape index (κ2) is 14.2. The highest BCUT2D eigenvalue weighted by molar-refractivity contribution is 7.20. The van der Waals surface area contributed by atoms with E-state index < -0.39 is 8.07 Å². The van der Waals surface area contributed by atoms with Gasteiger partial charge in [0.15, 0.2) is 8.07 Å². The Morgan fingerprint density at radius 2 is 1.10 bits per heavy atom. The zero-order valence-electron chi connectivity index (χ0n) is 33.6. The summed E-state index contributed by atoms with van der Waals surface area (Å²) in [4.78, 5) is 12.3. The first-order valence-corrected chi connectivity index (χ1v) is 22.7. The van der Waals surface area contributed by atoms with Gasteiger partial charge in [0.25, 0.3) is 0 Å². The topological polar surface area (TPSA) is 34.0 Å². The number of pyridine rings is 2. The maximum Gasteiger partial charge on any atom is 0.179 e. The molecule has 4 heterocycles. The monoisotopic (exact) mass is 786 g/mol. The van der Waals surface area contributed by atoms with E-state index in [9.17, 15) is 0 Å². The van der Waals surface area contributed by atoms with Gasteiger partial charge in [-0.15, -0.1) is 0 Å². The summed E-state index contributed by atoms with van der Waals surface area (Å²) in [7, 11) is -2.98. The second-order valence-corrected chi connectivity index (χ2v) is 20.0. The summed E-state index contributed by atoms with van der Waals surface area (Å²) in [5.41, 5.74) is 10.1. The first-order valence-electron chi connectivity index (χ1n) is 20.7. The summed E-state index contributed by atoms with van der Waals surface area (Å²) in [6.45, 7) is 4.81.